The molecular formula is C13H21BrN2. The third-order valence-corrected chi connectivity index (χ3v) is 3.42. The normalized spacial score (nSPS) is 15.2. The van der Waals surface area contributed by atoms with Gasteiger partial charge in [0.05, 0.1) is 0 Å². The Hall–Kier alpha value is -0.440. The van der Waals surface area contributed by atoms with Gasteiger partial charge >= 0.3 is 0 Å². The number of aromatic nitrogens is 2. The minimum absolute atomic E-state index is 0.391. The van der Waals surface area contributed by atoms with Gasteiger partial charge in [-0.1, -0.05) is 43.6 Å². The summed E-state index contributed by atoms with van der Waals surface area (Å²) in [6.07, 6.45) is 1.10. The van der Waals surface area contributed by atoms with E-state index in [2.05, 4.69) is 59.7 Å². The fourth-order valence-electron chi connectivity index (χ4n) is 1.83. The number of nitrogens with zero attached hydrogens (tertiary/aromatic N) is 2. The fraction of sp³-hybridized carbons (Fsp3) is 0.692. The van der Waals surface area contributed by atoms with Crippen LogP contribution in [0.4, 0.5) is 0 Å². The average molecular weight is 285 g/mol. The van der Waals surface area contributed by atoms with Gasteiger partial charge in [-0.15, -0.1) is 0 Å². The van der Waals surface area contributed by atoms with Gasteiger partial charge in [0, 0.05) is 28.1 Å². The van der Waals surface area contributed by atoms with Crippen LogP contribution in [0.3, 0.4) is 0 Å². The van der Waals surface area contributed by atoms with Crippen LogP contribution in [0.15, 0.2) is 6.07 Å². The van der Waals surface area contributed by atoms with Gasteiger partial charge in [0.25, 0.3) is 0 Å². The lowest BCUT2D eigenvalue weighted by molar-refractivity contribution is 0.625. The molecule has 0 radical (unpaired) electrons. The molecular weight excluding hydrogens is 264 g/mol. The first-order valence-electron chi connectivity index (χ1n) is 5.95. The maximum atomic E-state index is 4.68. The summed E-state index contributed by atoms with van der Waals surface area (Å²) >= 11 is 3.66. The second-order valence-electron chi connectivity index (χ2n) is 4.64. The number of halogens is 1. The lowest BCUT2D eigenvalue weighted by atomic mass is 9.98. The molecule has 1 aromatic heterocycles. The number of aryl methyl sites for hydroxylation is 1. The summed E-state index contributed by atoms with van der Waals surface area (Å²) in [5.74, 6) is 1.82. The molecule has 3 heteroatoms. The zero-order valence-electron chi connectivity index (χ0n) is 10.8. The Morgan fingerprint density at radius 2 is 1.88 bits per heavy atom. The minimum Gasteiger partial charge on any atom is -0.238 e. The monoisotopic (exact) mass is 284 g/mol. The van der Waals surface area contributed by atoms with E-state index in [1.807, 2.05) is 6.92 Å². The Labute approximate surface area is 107 Å². The molecule has 2 nitrogen and oxygen atoms in total. The topological polar surface area (TPSA) is 25.8 Å². The van der Waals surface area contributed by atoms with Crippen LogP contribution >= 0.6 is 15.9 Å². The molecule has 2 unspecified atom stereocenters. The van der Waals surface area contributed by atoms with Gasteiger partial charge in [0.2, 0.25) is 0 Å². The lowest BCUT2D eigenvalue weighted by Gasteiger charge is -2.18. The van der Waals surface area contributed by atoms with Crippen LogP contribution in [0.1, 0.15) is 63.2 Å². The van der Waals surface area contributed by atoms with E-state index in [1.54, 1.807) is 0 Å². The molecule has 0 spiro atoms. The maximum Gasteiger partial charge on any atom is 0.131 e. The first-order valence-corrected chi connectivity index (χ1v) is 6.86. The Morgan fingerprint density at radius 1 is 1.25 bits per heavy atom. The van der Waals surface area contributed by atoms with Gasteiger partial charge in [-0.2, -0.15) is 0 Å². The van der Waals surface area contributed by atoms with Gasteiger partial charge in [-0.25, -0.2) is 9.97 Å². The first kappa shape index (κ1) is 13.6. The minimum atomic E-state index is 0.391. The van der Waals surface area contributed by atoms with E-state index < -0.39 is 0 Å². The third kappa shape index (κ3) is 3.27. The van der Waals surface area contributed by atoms with E-state index in [9.17, 15) is 0 Å². The summed E-state index contributed by atoms with van der Waals surface area (Å²) < 4.78 is 0. The molecule has 0 saturated carbocycles. The fourth-order valence-corrected chi connectivity index (χ4v) is 2.48. The number of hydrogen-bond acceptors (Lipinski definition) is 2. The second-order valence-corrected chi connectivity index (χ2v) is 6.08. The van der Waals surface area contributed by atoms with Crippen LogP contribution in [0.25, 0.3) is 0 Å². The summed E-state index contributed by atoms with van der Waals surface area (Å²) in [4.78, 5) is 9.62. The Kier molecular flexibility index (Phi) is 4.90. The van der Waals surface area contributed by atoms with Crippen LogP contribution in [0, 0.1) is 6.92 Å². The zero-order valence-corrected chi connectivity index (χ0v) is 12.4. The summed E-state index contributed by atoms with van der Waals surface area (Å²) in [6, 6.07) is 2.11. The van der Waals surface area contributed by atoms with Gasteiger partial charge in [0.15, 0.2) is 0 Å². The lowest BCUT2D eigenvalue weighted by Crippen LogP contribution is -2.13. The predicted molar refractivity (Wildman–Crippen MR) is 72.3 cm³/mol. The molecule has 0 saturated heterocycles. The largest absolute Gasteiger partial charge is 0.238 e. The predicted octanol–water partition coefficient (Wildman–Crippen LogP) is 4.19. The van der Waals surface area contributed by atoms with Crippen LogP contribution < -0.4 is 0 Å². The molecule has 0 amide bonds. The van der Waals surface area contributed by atoms with Gasteiger partial charge in [0.1, 0.15) is 5.82 Å². The molecule has 0 aliphatic carbocycles. The molecule has 90 valence electrons. The van der Waals surface area contributed by atoms with E-state index in [-0.39, 0.29) is 0 Å². The van der Waals surface area contributed by atoms with Crippen molar-refractivity contribution >= 4 is 15.9 Å². The van der Waals surface area contributed by atoms with Gasteiger partial charge in [-0.05, 0) is 19.4 Å². The standard InChI is InChI=1S/C13H21BrN2/c1-6-11(10(5)14)12-7-9(4)15-13(16-12)8(2)3/h7-8,10-11H,6H2,1-5H3. The van der Waals surface area contributed by atoms with Crippen molar-refractivity contribution in [2.75, 3.05) is 0 Å². The Bertz CT molecular complexity index is 348. The van der Waals surface area contributed by atoms with Crippen molar-refractivity contribution in [3.05, 3.63) is 23.3 Å². The van der Waals surface area contributed by atoms with E-state index in [0.717, 1.165) is 17.9 Å². The average Bonchev–Trinajstić information content (AvgIpc) is 2.17. The van der Waals surface area contributed by atoms with Crippen LogP contribution in [0.2, 0.25) is 0 Å². The summed E-state index contributed by atoms with van der Waals surface area (Å²) in [5, 5.41) is 0. The Balaban J connectivity index is 3.12. The molecule has 1 heterocycles. The van der Waals surface area contributed by atoms with Crippen LogP contribution in [-0.4, -0.2) is 14.8 Å². The van der Waals surface area contributed by atoms with Gasteiger partial charge in [-0.3, -0.25) is 0 Å². The SMILES string of the molecule is CCC(c1cc(C)nc(C(C)C)n1)C(C)Br. The van der Waals surface area contributed by atoms with Crippen LogP contribution in [-0.2, 0) is 0 Å². The van der Waals surface area contributed by atoms with E-state index in [4.69, 9.17) is 0 Å². The highest BCUT2D eigenvalue weighted by molar-refractivity contribution is 9.09. The van der Waals surface area contributed by atoms with Crippen molar-refractivity contribution < 1.29 is 0 Å². The molecule has 2 atom stereocenters. The molecule has 0 bridgehead atoms. The van der Waals surface area contributed by atoms with Crippen molar-refractivity contribution in [2.24, 2.45) is 0 Å². The van der Waals surface area contributed by atoms with Crippen molar-refractivity contribution in [3.63, 3.8) is 0 Å². The van der Waals surface area contributed by atoms with Gasteiger partial charge < -0.3 is 0 Å². The van der Waals surface area contributed by atoms with Crippen molar-refractivity contribution in [2.45, 2.75) is 57.7 Å². The molecule has 0 fully saturated rings. The molecule has 0 aromatic carbocycles. The highest BCUT2D eigenvalue weighted by atomic mass is 79.9. The smallest absolute Gasteiger partial charge is 0.131 e. The molecule has 0 N–H and O–H groups in total. The molecule has 16 heavy (non-hydrogen) atoms. The van der Waals surface area contributed by atoms with E-state index >= 15 is 0 Å². The second kappa shape index (κ2) is 5.76. The van der Waals surface area contributed by atoms with E-state index in [1.165, 1.54) is 5.69 Å². The zero-order chi connectivity index (χ0) is 12.3. The number of hydrogen-bond donors (Lipinski definition) is 0. The molecule has 0 aliphatic heterocycles. The van der Waals surface area contributed by atoms with Crippen LogP contribution in [0.5, 0.6) is 0 Å². The third-order valence-electron chi connectivity index (χ3n) is 2.78. The highest BCUT2D eigenvalue weighted by Crippen LogP contribution is 2.27. The van der Waals surface area contributed by atoms with E-state index in [0.29, 0.717) is 16.7 Å². The quantitative estimate of drug-likeness (QED) is 0.775. The first-order chi connectivity index (χ1) is 7.45. The summed E-state index contributed by atoms with van der Waals surface area (Å²) in [5.41, 5.74) is 2.24. The summed E-state index contributed by atoms with van der Waals surface area (Å²) in [6.45, 7) is 10.7. The maximum absolute atomic E-state index is 4.68. The molecule has 1 rings (SSSR count). The number of alkyl halides is 1. The van der Waals surface area contributed by atoms with Crippen molar-refractivity contribution in [3.8, 4) is 0 Å². The molecule has 0 aliphatic rings. The summed E-state index contributed by atoms with van der Waals surface area (Å²) in [7, 11) is 0. The van der Waals surface area contributed by atoms with Crippen molar-refractivity contribution in [1.82, 2.24) is 9.97 Å². The van der Waals surface area contributed by atoms with Crippen molar-refractivity contribution in [1.29, 1.82) is 0 Å². The Morgan fingerprint density at radius 3 is 2.31 bits per heavy atom. The number of rotatable bonds is 4. The molecule has 1 aromatic rings. The highest BCUT2D eigenvalue weighted by Gasteiger charge is 2.18.